The van der Waals surface area contributed by atoms with Gasteiger partial charge in [-0.15, -0.1) is 0 Å². The first-order chi connectivity index (χ1) is 11.5. The zero-order valence-corrected chi connectivity index (χ0v) is 17.1. The van der Waals surface area contributed by atoms with Gasteiger partial charge < -0.3 is 9.84 Å². The maximum atomic E-state index is 10.00. The quantitative estimate of drug-likeness (QED) is 0.516. The standard InChI is InChI=1S/C21H36O2Si/c1-5-6-7-8-14-24(3,4)19-12-13-20(21(16-19)23-2)17-10-9-11-18(22)15-17/h12-13,16-18,22H,5-11,14-15H2,1-4H3. The van der Waals surface area contributed by atoms with Crippen LogP contribution >= 0.6 is 0 Å². The fourth-order valence-electron chi connectivity index (χ4n) is 4.05. The molecule has 1 aliphatic carbocycles. The van der Waals surface area contributed by atoms with Crippen molar-refractivity contribution in [3.8, 4) is 5.75 Å². The lowest BCUT2D eigenvalue weighted by molar-refractivity contribution is 0.119. The topological polar surface area (TPSA) is 29.5 Å². The molecule has 0 saturated heterocycles. The minimum atomic E-state index is -1.39. The lowest BCUT2D eigenvalue weighted by atomic mass is 9.82. The van der Waals surface area contributed by atoms with Crippen LogP contribution in [-0.4, -0.2) is 26.4 Å². The summed E-state index contributed by atoms with van der Waals surface area (Å²) in [7, 11) is 0.397. The maximum Gasteiger partial charge on any atom is 0.122 e. The second kappa shape index (κ2) is 9.05. The molecule has 1 N–H and O–H groups in total. The Hall–Kier alpha value is -0.803. The van der Waals surface area contributed by atoms with E-state index in [2.05, 4.69) is 38.2 Å². The van der Waals surface area contributed by atoms with Crippen LogP contribution in [0.25, 0.3) is 0 Å². The van der Waals surface area contributed by atoms with Crippen LogP contribution in [-0.2, 0) is 0 Å². The fraction of sp³-hybridized carbons (Fsp3) is 0.714. The lowest BCUT2D eigenvalue weighted by Gasteiger charge is -2.29. The highest BCUT2D eigenvalue weighted by Crippen LogP contribution is 2.37. The van der Waals surface area contributed by atoms with E-state index in [0.29, 0.717) is 5.92 Å². The summed E-state index contributed by atoms with van der Waals surface area (Å²) in [6.45, 7) is 7.24. The van der Waals surface area contributed by atoms with Crippen LogP contribution in [0.5, 0.6) is 5.75 Å². The summed E-state index contributed by atoms with van der Waals surface area (Å²) in [6, 6.07) is 8.31. The lowest BCUT2D eigenvalue weighted by Crippen LogP contribution is -2.41. The van der Waals surface area contributed by atoms with Gasteiger partial charge in [-0.05, 0) is 36.8 Å². The third-order valence-electron chi connectivity index (χ3n) is 5.76. The molecule has 3 heteroatoms. The first-order valence-corrected chi connectivity index (χ1v) is 13.0. The van der Waals surface area contributed by atoms with E-state index in [9.17, 15) is 5.11 Å². The van der Waals surface area contributed by atoms with Crippen molar-refractivity contribution in [2.45, 2.75) is 89.5 Å². The van der Waals surface area contributed by atoms with Gasteiger partial charge >= 0.3 is 0 Å². The van der Waals surface area contributed by atoms with E-state index in [1.807, 2.05) is 0 Å². The Labute approximate surface area is 149 Å². The monoisotopic (exact) mass is 348 g/mol. The summed E-state index contributed by atoms with van der Waals surface area (Å²) in [4.78, 5) is 0. The smallest absolute Gasteiger partial charge is 0.122 e. The number of methoxy groups -OCH3 is 1. The molecule has 0 aliphatic heterocycles. The highest BCUT2D eigenvalue weighted by molar-refractivity contribution is 6.89. The summed E-state index contributed by atoms with van der Waals surface area (Å²) in [5.74, 6) is 1.49. The second-order valence-electron chi connectivity index (χ2n) is 8.17. The molecule has 1 saturated carbocycles. The highest BCUT2D eigenvalue weighted by atomic mass is 28.3. The molecule has 0 spiro atoms. The summed E-state index contributed by atoms with van der Waals surface area (Å²) in [5.41, 5.74) is 1.30. The molecular formula is C21H36O2Si. The molecule has 2 rings (SSSR count). The van der Waals surface area contributed by atoms with Crippen molar-refractivity contribution in [1.82, 2.24) is 0 Å². The Morgan fingerprint density at radius 3 is 2.62 bits per heavy atom. The molecule has 136 valence electrons. The van der Waals surface area contributed by atoms with E-state index in [4.69, 9.17) is 4.74 Å². The second-order valence-corrected chi connectivity index (χ2v) is 13.0. The Balaban J connectivity index is 2.12. The molecule has 0 radical (unpaired) electrons. The predicted molar refractivity (Wildman–Crippen MR) is 106 cm³/mol. The highest BCUT2D eigenvalue weighted by Gasteiger charge is 2.27. The summed E-state index contributed by atoms with van der Waals surface area (Å²) in [6.07, 6.45) is 9.36. The van der Waals surface area contributed by atoms with Crippen molar-refractivity contribution in [3.05, 3.63) is 23.8 Å². The fourth-order valence-corrected chi connectivity index (χ4v) is 6.53. The summed E-state index contributed by atoms with van der Waals surface area (Å²) >= 11 is 0. The van der Waals surface area contributed by atoms with Gasteiger partial charge in [0.15, 0.2) is 0 Å². The molecule has 2 unspecified atom stereocenters. The van der Waals surface area contributed by atoms with Crippen molar-refractivity contribution in [1.29, 1.82) is 0 Å². The Morgan fingerprint density at radius 1 is 1.17 bits per heavy atom. The van der Waals surface area contributed by atoms with Crippen LogP contribution in [0.15, 0.2) is 18.2 Å². The molecule has 0 heterocycles. The van der Waals surface area contributed by atoms with Crippen molar-refractivity contribution < 1.29 is 9.84 Å². The number of aliphatic hydroxyl groups excluding tert-OH is 1. The molecule has 1 fully saturated rings. The summed E-state index contributed by atoms with van der Waals surface area (Å²) in [5, 5.41) is 11.5. The molecule has 2 atom stereocenters. The van der Waals surface area contributed by atoms with Gasteiger partial charge in [0, 0.05) is 0 Å². The first-order valence-electron chi connectivity index (χ1n) is 9.84. The van der Waals surface area contributed by atoms with Gasteiger partial charge in [-0.1, -0.05) is 75.5 Å². The van der Waals surface area contributed by atoms with E-state index < -0.39 is 8.07 Å². The molecule has 1 aliphatic rings. The average Bonchev–Trinajstić information content (AvgIpc) is 2.58. The zero-order valence-electron chi connectivity index (χ0n) is 16.1. The SMILES string of the molecule is CCCCCC[Si](C)(C)c1ccc(C2CCCC(O)C2)c(OC)c1. The third kappa shape index (κ3) is 5.09. The van der Waals surface area contributed by atoms with E-state index in [-0.39, 0.29) is 6.10 Å². The number of hydrogen-bond acceptors (Lipinski definition) is 2. The van der Waals surface area contributed by atoms with Gasteiger partial charge in [0.05, 0.1) is 21.3 Å². The zero-order chi connectivity index (χ0) is 17.6. The molecule has 1 aromatic rings. The largest absolute Gasteiger partial charge is 0.496 e. The Kier molecular flexibility index (Phi) is 7.36. The van der Waals surface area contributed by atoms with Crippen molar-refractivity contribution in [2.75, 3.05) is 7.11 Å². The van der Waals surface area contributed by atoms with E-state index in [1.165, 1.54) is 48.9 Å². The Bertz CT molecular complexity index is 513. The van der Waals surface area contributed by atoms with Crippen molar-refractivity contribution in [3.63, 3.8) is 0 Å². The number of unbranched alkanes of at least 4 members (excludes halogenated alkanes) is 3. The van der Waals surface area contributed by atoms with Gasteiger partial charge in [-0.3, -0.25) is 0 Å². The van der Waals surface area contributed by atoms with Gasteiger partial charge in [0.1, 0.15) is 5.75 Å². The van der Waals surface area contributed by atoms with Gasteiger partial charge in [0.2, 0.25) is 0 Å². The summed E-state index contributed by atoms with van der Waals surface area (Å²) < 4.78 is 5.75. The molecular weight excluding hydrogens is 312 g/mol. The average molecular weight is 349 g/mol. The van der Waals surface area contributed by atoms with Crippen LogP contribution < -0.4 is 9.92 Å². The van der Waals surface area contributed by atoms with Crippen LogP contribution in [0.2, 0.25) is 19.1 Å². The third-order valence-corrected chi connectivity index (χ3v) is 9.23. The van der Waals surface area contributed by atoms with Crippen LogP contribution in [0.4, 0.5) is 0 Å². The van der Waals surface area contributed by atoms with E-state index in [0.717, 1.165) is 25.0 Å². The van der Waals surface area contributed by atoms with Crippen molar-refractivity contribution >= 4 is 13.3 Å². The van der Waals surface area contributed by atoms with E-state index in [1.54, 1.807) is 7.11 Å². The predicted octanol–water partition coefficient (Wildman–Crippen LogP) is 5.21. The van der Waals surface area contributed by atoms with Crippen molar-refractivity contribution in [2.24, 2.45) is 0 Å². The maximum absolute atomic E-state index is 10.00. The van der Waals surface area contributed by atoms with Gasteiger partial charge in [0.25, 0.3) is 0 Å². The number of benzene rings is 1. The van der Waals surface area contributed by atoms with Crippen LogP contribution in [0, 0.1) is 0 Å². The Morgan fingerprint density at radius 2 is 1.96 bits per heavy atom. The minimum absolute atomic E-state index is 0.141. The molecule has 24 heavy (non-hydrogen) atoms. The van der Waals surface area contributed by atoms with Gasteiger partial charge in [-0.2, -0.15) is 0 Å². The number of aliphatic hydroxyl groups is 1. The normalized spacial score (nSPS) is 21.7. The number of rotatable bonds is 8. The molecule has 2 nitrogen and oxygen atoms in total. The molecule has 0 aromatic heterocycles. The van der Waals surface area contributed by atoms with E-state index >= 15 is 0 Å². The number of hydrogen-bond donors (Lipinski definition) is 1. The molecule has 0 bridgehead atoms. The molecule has 1 aromatic carbocycles. The minimum Gasteiger partial charge on any atom is -0.496 e. The first kappa shape index (κ1) is 19.5. The van der Waals surface area contributed by atoms with Gasteiger partial charge in [-0.25, -0.2) is 0 Å². The number of ether oxygens (including phenoxy) is 1. The molecule has 0 amide bonds. The van der Waals surface area contributed by atoms with Crippen LogP contribution in [0.1, 0.15) is 69.8 Å². The van der Waals surface area contributed by atoms with Crippen LogP contribution in [0.3, 0.4) is 0 Å².